The van der Waals surface area contributed by atoms with E-state index in [2.05, 4.69) is 15.3 Å². The number of halogens is 1. The molecule has 7 heteroatoms. The molecule has 0 saturated carbocycles. The van der Waals surface area contributed by atoms with Gasteiger partial charge < -0.3 is 5.32 Å². The Kier molecular flexibility index (Phi) is 5.50. The van der Waals surface area contributed by atoms with Crippen LogP contribution in [0.25, 0.3) is 0 Å². The van der Waals surface area contributed by atoms with E-state index >= 15 is 0 Å². The minimum Gasteiger partial charge on any atom is -0.348 e. The van der Waals surface area contributed by atoms with Crippen LogP contribution in [-0.4, -0.2) is 38.1 Å². The predicted octanol–water partition coefficient (Wildman–Crippen LogP) is 1.02. The molecule has 1 heterocycles. The summed E-state index contributed by atoms with van der Waals surface area (Å²) < 4.78 is 10.9. The summed E-state index contributed by atoms with van der Waals surface area (Å²) in [5.41, 5.74) is 0.182. The lowest BCUT2D eigenvalue weighted by Crippen LogP contribution is -2.34. The first-order valence-corrected chi connectivity index (χ1v) is 7.18. The van der Waals surface area contributed by atoms with Crippen molar-refractivity contribution in [2.24, 2.45) is 0 Å². The molecule has 0 spiro atoms. The molecule has 0 radical (unpaired) electrons. The van der Waals surface area contributed by atoms with Crippen LogP contribution in [0.1, 0.15) is 23.8 Å². The van der Waals surface area contributed by atoms with Crippen molar-refractivity contribution in [3.05, 3.63) is 23.2 Å². The third-order valence-corrected chi connectivity index (χ3v) is 3.05. The lowest BCUT2D eigenvalue weighted by Gasteiger charge is -2.12. The van der Waals surface area contributed by atoms with Crippen LogP contribution >= 0.6 is 11.6 Å². The monoisotopic (exact) mass is 275 g/mol. The molecule has 0 aliphatic carbocycles. The van der Waals surface area contributed by atoms with Gasteiger partial charge in [0.1, 0.15) is 10.8 Å². The Morgan fingerprint density at radius 1 is 1.59 bits per heavy atom. The number of carbonyl (C=O) groups excluding carboxylic acids is 1. The van der Waals surface area contributed by atoms with Gasteiger partial charge in [0.2, 0.25) is 0 Å². The second-order valence-corrected chi connectivity index (χ2v) is 5.61. The van der Waals surface area contributed by atoms with Crippen LogP contribution in [0.3, 0.4) is 0 Å². The summed E-state index contributed by atoms with van der Waals surface area (Å²) in [5.74, 6) is 0.234. The molecular weight excluding hydrogens is 262 g/mol. The van der Waals surface area contributed by atoms with Gasteiger partial charge in [-0.3, -0.25) is 14.0 Å². The van der Waals surface area contributed by atoms with E-state index in [1.54, 1.807) is 6.26 Å². The first-order chi connectivity index (χ1) is 7.99. The van der Waals surface area contributed by atoms with E-state index in [-0.39, 0.29) is 22.8 Å². The summed E-state index contributed by atoms with van der Waals surface area (Å²) in [6, 6.07) is -0.0628. The van der Waals surface area contributed by atoms with E-state index in [1.165, 1.54) is 12.4 Å². The fourth-order valence-corrected chi connectivity index (χ4v) is 2.00. The van der Waals surface area contributed by atoms with E-state index in [4.69, 9.17) is 11.6 Å². The van der Waals surface area contributed by atoms with Crippen LogP contribution in [0.5, 0.6) is 0 Å². The van der Waals surface area contributed by atoms with Gasteiger partial charge >= 0.3 is 0 Å². The highest BCUT2D eigenvalue weighted by Crippen LogP contribution is 2.03. The normalized spacial score (nSPS) is 14.1. The maximum atomic E-state index is 11.7. The third-order valence-electron chi connectivity index (χ3n) is 2.05. The van der Waals surface area contributed by atoms with E-state index in [9.17, 15) is 9.00 Å². The van der Waals surface area contributed by atoms with Gasteiger partial charge in [-0.15, -0.1) is 0 Å². The molecular formula is C10H14ClN3O2S. The van der Waals surface area contributed by atoms with E-state index < -0.39 is 10.8 Å². The smallest absolute Gasteiger partial charge is 0.271 e. The topological polar surface area (TPSA) is 72.0 Å². The van der Waals surface area contributed by atoms with Crippen molar-refractivity contribution in [1.29, 1.82) is 0 Å². The SMILES string of the molecule is CC(CCS(C)=O)NC(=O)c1cncc(Cl)n1. The van der Waals surface area contributed by atoms with Gasteiger partial charge in [0.05, 0.1) is 12.4 Å². The summed E-state index contributed by atoms with van der Waals surface area (Å²) >= 11 is 5.63. The summed E-state index contributed by atoms with van der Waals surface area (Å²) in [6.45, 7) is 1.85. The van der Waals surface area contributed by atoms with E-state index in [0.717, 1.165) is 0 Å². The Labute approximate surface area is 107 Å². The molecule has 17 heavy (non-hydrogen) atoms. The molecule has 2 atom stereocenters. The highest BCUT2D eigenvalue weighted by atomic mass is 35.5. The Hall–Kier alpha value is -1.01. The number of nitrogens with zero attached hydrogens (tertiary/aromatic N) is 2. The van der Waals surface area contributed by atoms with Gasteiger partial charge in [0.15, 0.2) is 0 Å². The molecule has 1 aromatic heterocycles. The quantitative estimate of drug-likeness (QED) is 0.871. The minimum absolute atomic E-state index is 0.0628. The molecule has 1 N–H and O–H groups in total. The molecule has 0 fully saturated rings. The summed E-state index contributed by atoms with van der Waals surface area (Å²) in [5, 5.41) is 2.92. The van der Waals surface area contributed by atoms with Crippen LogP contribution in [0.15, 0.2) is 12.4 Å². The van der Waals surface area contributed by atoms with Crippen molar-refractivity contribution in [3.63, 3.8) is 0 Å². The first kappa shape index (κ1) is 14.1. The molecule has 5 nitrogen and oxygen atoms in total. The third kappa shape index (κ3) is 5.23. The fourth-order valence-electron chi connectivity index (χ4n) is 1.16. The maximum absolute atomic E-state index is 11.7. The van der Waals surface area contributed by atoms with Gasteiger partial charge in [-0.1, -0.05) is 11.6 Å². The number of rotatable bonds is 5. The molecule has 1 aromatic rings. The lowest BCUT2D eigenvalue weighted by atomic mass is 10.2. The molecule has 0 aliphatic heterocycles. The van der Waals surface area contributed by atoms with Gasteiger partial charge in [0.25, 0.3) is 5.91 Å². The zero-order valence-corrected chi connectivity index (χ0v) is 11.2. The number of amides is 1. The zero-order valence-electron chi connectivity index (χ0n) is 9.64. The van der Waals surface area contributed by atoms with Gasteiger partial charge in [-0.05, 0) is 13.3 Å². The van der Waals surface area contributed by atoms with Crippen molar-refractivity contribution in [3.8, 4) is 0 Å². The fraction of sp³-hybridized carbons (Fsp3) is 0.500. The van der Waals surface area contributed by atoms with Crippen LogP contribution in [0, 0.1) is 0 Å². The Bertz CT molecular complexity index is 428. The Balaban J connectivity index is 2.51. The molecule has 0 saturated heterocycles. The van der Waals surface area contributed by atoms with Gasteiger partial charge in [-0.2, -0.15) is 0 Å². The Morgan fingerprint density at radius 3 is 2.88 bits per heavy atom. The van der Waals surface area contributed by atoms with Crippen LogP contribution in [0.2, 0.25) is 5.15 Å². The number of hydrogen-bond acceptors (Lipinski definition) is 4. The van der Waals surface area contributed by atoms with E-state index in [0.29, 0.717) is 12.2 Å². The molecule has 1 rings (SSSR count). The van der Waals surface area contributed by atoms with Crippen LogP contribution in [-0.2, 0) is 10.8 Å². The van der Waals surface area contributed by atoms with Crippen molar-refractivity contribution < 1.29 is 9.00 Å². The predicted molar refractivity (Wildman–Crippen MR) is 67.5 cm³/mol. The molecule has 0 aromatic carbocycles. The van der Waals surface area contributed by atoms with Crippen molar-refractivity contribution in [2.45, 2.75) is 19.4 Å². The van der Waals surface area contributed by atoms with Crippen LogP contribution in [0.4, 0.5) is 0 Å². The molecule has 0 bridgehead atoms. The second kappa shape index (κ2) is 6.66. The summed E-state index contributed by atoms with van der Waals surface area (Å²) in [6.07, 6.45) is 5.01. The highest BCUT2D eigenvalue weighted by molar-refractivity contribution is 7.84. The average molecular weight is 276 g/mol. The molecule has 2 unspecified atom stereocenters. The molecule has 94 valence electrons. The number of carbonyl (C=O) groups is 1. The van der Waals surface area contributed by atoms with Crippen LogP contribution < -0.4 is 5.32 Å². The first-order valence-electron chi connectivity index (χ1n) is 5.07. The average Bonchev–Trinajstić information content (AvgIpc) is 2.26. The van der Waals surface area contributed by atoms with Crippen molar-refractivity contribution in [2.75, 3.05) is 12.0 Å². The number of hydrogen-bond donors (Lipinski definition) is 1. The maximum Gasteiger partial charge on any atom is 0.271 e. The van der Waals surface area contributed by atoms with E-state index in [1.807, 2.05) is 6.92 Å². The number of nitrogens with one attached hydrogen (secondary N) is 1. The largest absolute Gasteiger partial charge is 0.348 e. The zero-order chi connectivity index (χ0) is 12.8. The lowest BCUT2D eigenvalue weighted by molar-refractivity contribution is 0.0934. The second-order valence-electron chi connectivity index (χ2n) is 3.67. The summed E-state index contributed by atoms with van der Waals surface area (Å²) in [4.78, 5) is 19.3. The van der Waals surface area contributed by atoms with Gasteiger partial charge in [0, 0.05) is 28.9 Å². The molecule has 0 aliphatic rings. The standard InChI is InChI=1S/C10H14ClN3O2S/c1-7(3-4-17(2)16)13-10(15)8-5-12-6-9(11)14-8/h5-7H,3-4H2,1-2H3,(H,13,15). The minimum atomic E-state index is -0.850. The highest BCUT2D eigenvalue weighted by Gasteiger charge is 2.12. The van der Waals surface area contributed by atoms with Crippen molar-refractivity contribution >= 4 is 28.3 Å². The number of aromatic nitrogens is 2. The molecule has 1 amide bonds. The van der Waals surface area contributed by atoms with Crippen molar-refractivity contribution in [1.82, 2.24) is 15.3 Å². The Morgan fingerprint density at radius 2 is 2.29 bits per heavy atom. The summed E-state index contributed by atoms with van der Waals surface area (Å²) in [7, 11) is -0.850. The van der Waals surface area contributed by atoms with Gasteiger partial charge in [-0.25, -0.2) is 4.98 Å².